The lowest BCUT2D eigenvalue weighted by molar-refractivity contribution is -0.143. The second-order valence-electron chi connectivity index (χ2n) is 13.8. The van der Waals surface area contributed by atoms with E-state index in [1.165, 1.54) is 180 Å². The molecule has 1 unspecified atom stereocenters. The highest BCUT2D eigenvalue weighted by atomic mass is 16.5. The summed E-state index contributed by atoms with van der Waals surface area (Å²) in [6, 6.07) is 0. The third-order valence-corrected chi connectivity index (χ3v) is 9.32. The predicted molar refractivity (Wildman–Crippen MR) is 190 cm³/mol. The molecule has 1 atom stereocenters. The fourth-order valence-corrected chi connectivity index (χ4v) is 6.28. The molecule has 0 radical (unpaired) electrons. The summed E-state index contributed by atoms with van der Waals surface area (Å²) in [7, 11) is 0. The van der Waals surface area contributed by atoms with Crippen molar-refractivity contribution in [3.8, 4) is 0 Å². The molecule has 0 rings (SSSR count). The minimum Gasteiger partial charge on any atom is -0.466 e. The van der Waals surface area contributed by atoms with E-state index in [-0.39, 0.29) is 12.1 Å². The van der Waals surface area contributed by atoms with Crippen LogP contribution in [0.4, 0.5) is 0 Å². The molecule has 1 N–H and O–H groups in total. The van der Waals surface area contributed by atoms with E-state index in [4.69, 9.17) is 4.74 Å². The predicted octanol–water partition coefficient (Wildman–Crippen LogP) is 13.6. The lowest BCUT2D eigenvalue weighted by Crippen LogP contribution is -2.06. The molecular weight excluding hydrogens is 528 g/mol. The molecule has 0 heterocycles. The third-order valence-electron chi connectivity index (χ3n) is 9.32. The molecule has 0 bridgehead atoms. The summed E-state index contributed by atoms with van der Waals surface area (Å²) in [5.74, 6) is 0.00178. The third kappa shape index (κ3) is 37.5. The van der Waals surface area contributed by atoms with Crippen molar-refractivity contribution >= 4 is 5.97 Å². The van der Waals surface area contributed by atoms with E-state index in [9.17, 15) is 9.90 Å². The van der Waals surface area contributed by atoms with Crippen LogP contribution in [0, 0.1) is 0 Å². The van der Waals surface area contributed by atoms with E-state index < -0.39 is 0 Å². The molecule has 0 saturated carbocycles. The number of aliphatic hydroxyl groups is 1. The maximum Gasteiger partial charge on any atom is 0.305 e. The first-order chi connectivity index (χ1) is 21.2. The summed E-state index contributed by atoms with van der Waals surface area (Å²) in [6.07, 6.45) is 44.8. The average Bonchev–Trinajstić information content (AvgIpc) is 3.01. The topological polar surface area (TPSA) is 46.5 Å². The molecule has 0 amide bonds. The molecule has 3 heteroatoms. The van der Waals surface area contributed by atoms with Gasteiger partial charge >= 0.3 is 5.97 Å². The number of aliphatic hydroxyl groups excluding tert-OH is 1. The van der Waals surface area contributed by atoms with Crippen LogP contribution < -0.4 is 0 Å². The summed E-state index contributed by atoms with van der Waals surface area (Å²) in [4.78, 5) is 12.0. The molecule has 0 aliphatic rings. The van der Waals surface area contributed by atoms with Crippen LogP contribution in [0.15, 0.2) is 0 Å². The number of rotatable bonds is 37. The molecule has 0 fully saturated rings. The highest BCUT2D eigenvalue weighted by molar-refractivity contribution is 5.69. The van der Waals surface area contributed by atoms with Gasteiger partial charge in [0.1, 0.15) is 0 Å². The van der Waals surface area contributed by atoms with Gasteiger partial charge in [-0.05, 0) is 25.7 Å². The van der Waals surface area contributed by atoms with E-state index in [2.05, 4.69) is 13.8 Å². The maximum atomic E-state index is 12.0. The van der Waals surface area contributed by atoms with Crippen LogP contribution in [0.2, 0.25) is 0 Å². The Morgan fingerprint density at radius 3 is 1.05 bits per heavy atom. The number of carbonyl (C=O) groups excluding carboxylic acids is 1. The summed E-state index contributed by atoms with van der Waals surface area (Å²) >= 11 is 0. The van der Waals surface area contributed by atoms with Gasteiger partial charge in [0.2, 0.25) is 0 Å². The first-order valence-corrected chi connectivity index (χ1v) is 20.0. The van der Waals surface area contributed by atoms with E-state index in [1.807, 2.05) is 0 Å². The molecule has 3 nitrogen and oxygen atoms in total. The van der Waals surface area contributed by atoms with Gasteiger partial charge in [-0.15, -0.1) is 0 Å². The van der Waals surface area contributed by atoms with Gasteiger partial charge in [0, 0.05) is 6.42 Å². The van der Waals surface area contributed by atoms with Crippen molar-refractivity contribution < 1.29 is 14.6 Å². The number of unbranched alkanes of at least 4 members (excludes halogenated alkanes) is 29. The number of hydrogen-bond acceptors (Lipinski definition) is 3. The summed E-state index contributed by atoms with van der Waals surface area (Å²) in [5.41, 5.74) is 0. The van der Waals surface area contributed by atoms with Gasteiger partial charge < -0.3 is 9.84 Å². The van der Waals surface area contributed by atoms with Crippen LogP contribution in [-0.2, 0) is 9.53 Å². The fourth-order valence-electron chi connectivity index (χ4n) is 6.28. The normalized spacial score (nSPS) is 12.2. The van der Waals surface area contributed by atoms with E-state index in [0.29, 0.717) is 13.0 Å². The SMILES string of the molecule is CCCCCCCCCCCCCCCCCCCCCC(=O)OCCCCCCCCC(O)CCCCCCCCC. The molecule has 0 spiro atoms. The van der Waals surface area contributed by atoms with Crippen LogP contribution in [0.1, 0.15) is 239 Å². The largest absolute Gasteiger partial charge is 0.466 e. The molecule has 0 aromatic carbocycles. The second-order valence-corrected chi connectivity index (χ2v) is 13.8. The molecular formula is C40H80O3. The molecule has 0 aliphatic heterocycles. The lowest BCUT2D eigenvalue weighted by atomic mass is 10.0. The highest BCUT2D eigenvalue weighted by Gasteiger charge is 2.05. The van der Waals surface area contributed by atoms with Crippen molar-refractivity contribution in [1.82, 2.24) is 0 Å². The van der Waals surface area contributed by atoms with E-state index in [1.54, 1.807) is 0 Å². The Bertz CT molecular complexity index is 520. The van der Waals surface area contributed by atoms with Crippen molar-refractivity contribution in [3.05, 3.63) is 0 Å². The van der Waals surface area contributed by atoms with Crippen LogP contribution in [0.25, 0.3) is 0 Å². The van der Waals surface area contributed by atoms with Gasteiger partial charge in [-0.2, -0.15) is 0 Å². The summed E-state index contributed by atoms with van der Waals surface area (Å²) in [6.45, 7) is 5.15. The monoisotopic (exact) mass is 609 g/mol. The molecule has 0 aromatic rings. The Morgan fingerprint density at radius 2 is 0.698 bits per heavy atom. The molecule has 43 heavy (non-hydrogen) atoms. The van der Waals surface area contributed by atoms with Crippen molar-refractivity contribution in [2.24, 2.45) is 0 Å². The quantitative estimate of drug-likeness (QED) is 0.0563. The first-order valence-electron chi connectivity index (χ1n) is 20.0. The second kappa shape index (κ2) is 37.6. The Morgan fingerprint density at radius 1 is 0.419 bits per heavy atom. The zero-order valence-electron chi connectivity index (χ0n) is 29.8. The summed E-state index contributed by atoms with van der Waals surface area (Å²) < 4.78 is 5.44. The van der Waals surface area contributed by atoms with Crippen LogP contribution in [-0.4, -0.2) is 23.8 Å². The fraction of sp³-hybridized carbons (Fsp3) is 0.975. The number of hydrogen-bond donors (Lipinski definition) is 1. The number of ether oxygens (including phenoxy) is 1. The van der Waals surface area contributed by atoms with Gasteiger partial charge in [-0.3, -0.25) is 4.79 Å². The van der Waals surface area contributed by atoms with Crippen LogP contribution in [0.5, 0.6) is 0 Å². The highest BCUT2D eigenvalue weighted by Crippen LogP contribution is 2.16. The first kappa shape index (κ1) is 42.4. The standard InChI is InChI=1S/C40H80O3/c1-3-5-7-9-11-12-13-14-15-16-17-18-19-20-21-22-24-29-33-37-40(42)43-38-34-30-26-25-28-32-36-39(41)35-31-27-23-10-8-6-4-2/h39,41H,3-38H2,1-2H3. The Kier molecular flexibility index (Phi) is 37.1. The van der Waals surface area contributed by atoms with Crippen molar-refractivity contribution in [3.63, 3.8) is 0 Å². The molecule has 0 aliphatic carbocycles. The van der Waals surface area contributed by atoms with Crippen LogP contribution >= 0.6 is 0 Å². The van der Waals surface area contributed by atoms with Crippen molar-refractivity contribution in [1.29, 1.82) is 0 Å². The van der Waals surface area contributed by atoms with Gasteiger partial charge in [0.15, 0.2) is 0 Å². The van der Waals surface area contributed by atoms with Gasteiger partial charge in [0.25, 0.3) is 0 Å². The van der Waals surface area contributed by atoms with Crippen molar-refractivity contribution in [2.75, 3.05) is 6.61 Å². The number of carbonyl (C=O) groups is 1. The van der Waals surface area contributed by atoms with E-state index >= 15 is 0 Å². The Hall–Kier alpha value is -0.570. The Labute approximate surface area is 271 Å². The lowest BCUT2D eigenvalue weighted by Gasteiger charge is -2.10. The van der Waals surface area contributed by atoms with E-state index in [0.717, 1.165) is 38.5 Å². The van der Waals surface area contributed by atoms with Gasteiger partial charge in [-0.25, -0.2) is 0 Å². The van der Waals surface area contributed by atoms with Gasteiger partial charge in [-0.1, -0.05) is 206 Å². The van der Waals surface area contributed by atoms with Crippen molar-refractivity contribution in [2.45, 2.75) is 245 Å². The summed E-state index contributed by atoms with van der Waals surface area (Å²) in [5, 5.41) is 10.2. The van der Waals surface area contributed by atoms with Crippen LogP contribution in [0.3, 0.4) is 0 Å². The minimum atomic E-state index is -0.0935. The molecule has 258 valence electrons. The minimum absolute atomic E-state index is 0.00178. The maximum absolute atomic E-state index is 12.0. The average molecular weight is 609 g/mol. The zero-order valence-corrected chi connectivity index (χ0v) is 29.8. The number of esters is 1. The van der Waals surface area contributed by atoms with Gasteiger partial charge in [0.05, 0.1) is 12.7 Å². The smallest absolute Gasteiger partial charge is 0.305 e. The molecule has 0 saturated heterocycles. The Balaban J connectivity index is 3.21. The molecule has 0 aromatic heterocycles. The zero-order chi connectivity index (χ0) is 31.3.